The van der Waals surface area contributed by atoms with Gasteiger partial charge in [0.2, 0.25) is 0 Å². The molecule has 0 bridgehead atoms. The van der Waals surface area contributed by atoms with Gasteiger partial charge in [0, 0.05) is 0 Å². The van der Waals surface area contributed by atoms with Gasteiger partial charge < -0.3 is 4.98 Å². The van der Waals surface area contributed by atoms with Crippen molar-refractivity contribution in [2.24, 2.45) is 0 Å². The van der Waals surface area contributed by atoms with Gasteiger partial charge in [-0.1, -0.05) is 0 Å². The Kier molecular flexibility index (Phi) is 2.68. The highest BCUT2D eigenvalue weighted by Crippen LogP contribution is 2.13. The van der Waals surface area contributed by atoms with E-state index in [9.17, 15) is 14.9 Å². The van der Waals surface area contributed by atoms with Gasteiger partial charge in [-0.2, -0.15) is 5.10 Å². The summed E-state index contributed by atoms with van der Waals surface area (Å²) in [6, 6.07) is 0. The van der Waals surface area contributed by atoms with Crippen LogP contribution in [0, 0.1) is 13.7 Å². The molecule has 0 aliphatic heterocycles. The first-order chi connectivity index (χ1) is 7.59. The Morgan fingerprint density at radius 3 is 2.94 bits per heavy atom. The topological polar surface area (TPSA) is 107 Å². The van der Waals surface area contributed by atoms with Gasteiger partial charge in [0.05, 0.1) is 11.3 Å². The van der Waals surface area contributed by atoms with Crippen molar-refractivity contribution in [1.82, 2.24) is 19.7 Å². The Morgan fingerprint density at radius 1 is 1.56 bits per heavy atom. The third-order valence-corrected chi connectivity index (χ3v) is 2.75. The molecule has 0 amide bonds. The first-order valence-electron chi connectivity index (χ1n) is 4.02. The van der Waals surface area contributed by atoms with Gasteiger partial charge in [-0.05, 0) is 22.6 Å². The minimum atomic E-state index is -0.566. The van der Waals surface area contributed by atoms with Crippen molar-refractivity contribution in [3.8, 4) is 5.82 Å². The number of rotatable bonds is 2. The maximum atomic E-state index is 11.3. The Bertz CT molecular complexity index is 604. The summed E-state index contributed by atoms with van der Waals surface area (Å²) < 4.78 is 1.51. The second-order valence-electron chi connectivity index (χ2n) is 2.77. The molecule has 2 rings (SSSR count). The molecular formula is C7H4IN5O3. The average molecular weight is 333 g/mol. The zero-order valence-electron chi connectivity index (χ0n) is 7.62. The maximum Gasteiger partial charge on any atom is 0.307 e. The third kappa shape index (κ3) is 1.80. The molecule has 1 N–H and O–H groups in total. The molecule has 0 aliphatic carbocycles. The van der Waals surface area contributed by atoms with Crippen LogP contribution in [0.2, 0.25) is 0 Å². The van der Waals surface area contributed by atoms with Gasteiger partial charge in [-0.25, -0.2) is 9.67 Å². The number of nitrogens with one attached hydrogen (secondary N) is 1. The third-order valence-electron chi connectivity index (χ3n) is 1.77. The summed E-state index contributed by atoms with van der Waals surface area (Å²) in [5.74, 6) is 0.262. The van der Waals surface area contributed by atoms with Crippen LogP contribution in [0.25, 0.3) is 5.82 Å². The van der Waals surface area contributed by atoms with Crippen molar-refractivity contribution in [2.75, 3.05) is 0 Å². The molecule has 82 valence electrons. The lowest BCUT2D eigenvalue weighted by molar-refractivity contribution is -0.384. The van der Waals surface area contributed by atoms with E-state index in [0.29, 0.717) is 3.57 Å². The number of H-pyrrole nitrogens is 1. The van der Waals surface area contributed by atoms with Crippen LogP contribution in [-0.4, -0.2) is 24.7 Å². The molecule has 8 nitrogen and oxygen atoms in total. The van der Waals surface area contributed by atoms with Crippen molar-refractivity contribution in [3.05, 3.63) is 42.8 Å². The minimum absolute atomic E-state index is 0.155. The normalized spacial score (nSPS) is 10.3. The zero-order chi connectivity index (χ0) is 11.7. The molecule has 0 aromatic carbocycles. The van der Waals surface area contributed by atoms with Crippen molar-refractivity contribution in [3.63, 3.8) is 0 Å². The predicted octanol–water partition coefficient (Wildman–Crippen LogP) is 0.468. The Hall–Kier alpha value is -1.78. The molecule has 0 unspecified atom stereocenters. The summed E-state index contributed by atoms with van der Waals surface area (Å²) in [5, 5.41) is 14.2. The summed E-state index contributed by atoms with van der Waals surface area (Å²) in [6.45, 7) is 0. The van der Waals surface area contributed by atoms with Crippen LogP contribution in [-0.2, 0) is 0 Å². The van der Waals surface area contributed by atoms with Crippen LogP contribution in [0.15, 0.2) is 23.5 Å². The molecular weight excluding hydrogens is 329 g/mol. The highest BCUT2D eigenvalue weighted by atomic mass is 127. The fourth-order valence-electron chi connectivity index (χ4n) is 1.06. The quantitative estimate of drug-likeness (QED) is 0.488. The number of halogens is 1. The van der Waals surface area contributed by atoms with Gasteiger partial charge in [0.1, 0.15) is 16.0 Å². The number of aromatic amines is 1. The van der Waals surface area contributed by atoms with Crippen LogP contribution >= 0.6 is 22.6 Å². The van der Waals surface area contributed by atoms with E-state index in [1.165, 1.54) is 17.2 Å². The fraction of sp³-hybridized carbons (Fsp3) is 0. The minimum Gasteiger partial charge on any atom is -0.312 e. The van der Waals surface area contributed by atoms with Crippen LogP contribution in [0.4, 0.5) is 5.69 Å². The van der Waals surface area contributed by atoms with Gasteiger partial charge in [-0.3, -0.25) is 14.9 Å². The van der Waals surface area contributed by atoms with Crippen LogP contribution in [0.3, 0.4) is 0 Å². The fourth-order valence-corrected chi connectivity index (χ4v) is 1.60. The van der Waals surface area contributed by atoms with E-state index < -0.39 is 4.92 Å². The van der Waals surface area contributed by atoms with Crippen LogP contribution < -0.4 is 5.56 Å². The van der Waals surface area contributed by atoms with Crippen LogP contribution in [0.1, 0.15) is 0 Å². The highest BCUT2D eigenvalue weighted by molar-refractivity contribution is 14.1. The molecule has 0 atom stereocenters. The Balaban J connectivity index is 2.55. The molecule has 0 fully saturated rings. The van der Waals surface area contributed by atoms with E-state index in [2.05, 4.69) is 15.1 Å². The molecule has 0 spiro atoms. The van der Waals surface area contributed by atoms with Crippen molar-refractivity contribution < 1.29 is 4.92 Å². The standard InChI is InChI=1S/C7H4IN5O3/c8-5-6(9-3-10-7(5)14)12-2-4(1-11-12)13(15)16/h1-3H,(H,9,10,14). The summed E-state index contributed by atoms with van der Waals surface area (Å²) in [6.07, 6.45) is 3.51. The molecule has 0 aliphatic rings. The maximum absolute atomic E-state index is 11.3. The van der Waals surface area contributed by atoms with E-state index in [-0.39, 0.29) is 17.1 Å². The summed E-state index contributed by atoms with van der Waals surface area (Å²) in [4.78, 5) is 27.5. The summed E-state index contributed by atoms with van der Waals surface area (Å²) in [7, 11) is 0. The number of nitro groups is 1. The van der Waals surface area contributed by atoms with Gasteiger partial charge in [0.25, 0.3) is 5.56 Å². The molecule has 2 aromatic rings. The van der Waals surface area contributed by atoms with Crippen molar-refractivity contribution >= 4 is 28.3 Å². The van der Waals surface area contributed by atoms with Gasteiger partial charge in [0.15, 0.2) is 5.82 Å². The van der Waals surface area contributed by atoms with Gasteiger partial charge in [-0.15, -0.1) is 0 Å². The van der Waals surface area contributed by atoms with Crippen molar-refractivity contribution in [2.45, 2.75) is 0 Å². The van der Waals surface area contributed by atoms with E-state index >= 15 is 0 Å². The molecule has 9 heteroatoms. The first kappa shape index (κ1) is 10.7. The predicted molar refractivity (Wildman–Crippen MR) is 61.4 cm³/mol. The SMILES string of the molecule is O=c1[nH]cnc(-n2cc([N+](=O)[O-])cn2)c1I. The molecule has 0 saturated heterocycles. The lowest BCUT2D eigenvalue weighted by Gasteiger charge is -1.99. The molecule has 2 heterocycles. The molecule has 2 aromatic heterocycles. The lowest BCUT2D eigenvalue weighted by atomic mass is 10.5. The summed E-state index contributed by atoms with van der Waals surface area (Å²) in [5.41, 5.74) is -0.471. The highest BCUT2D eigenvalue weighted by Gasteiger charge is 2.13. The number of hydrogen-bond donors (Lipinski definition) is 1. The first-order valence-corrected chi connectivity index (χ1v) is 5.10. The molecule has 0 radical (unpaired) electrons. The number of hydrogen-bond acceptors (Lipinski definition) is 5. The second kappa shape index (κ2) is 4.00. The number of nitrogens with zero attached hydrogens (tertiary/aromatic N) is 4. The van der Waals surface area contributed by atoms with E-state index in [0.717, 1.165) is 6.20 Å². The van der Waals surface area contributed by atoms with Crippen molar-refractivity contribution in [1.29, 1.82) is 0 Å². The zero-order valence-corrected chi connectivity index (χ0v) is 9.78. The van der Waals surface area contributed by atoms with E-state index in [1.54, 1.807) is 22.6 Å². The van der Waals surface area contributed by atoms with E-state index in [4.69, 9.17) is 0 Å². The largest absolute Gasteiger partial charge is 0.312 e. The Labute approximate surface area is 102 Å². The average Bonchev–Trinajstić information content (AvgIpc) is 2.71. The van der Waals surface area contributed by atoms with E-state index in [1.807, 2.05) is 0 Å². The molecule has 0 saturated carbocycles. The van der Waals surface area contributed by atoms with Gasteiger partial charge >= 0.3 is 5.69 Å². The monoisotopic (exact) mass is 333 g/mol. The Morgan fingerprint density at radius 2 is 2.31 bits per heavy atom. The van der Waals surface area contributed by atoms with Crippen LogP contribution in [0.5, 0.6) is 0 Å². The number of aromatic nitrogens is 4. The smallest absolute Gasteiger partial charge is 0.307 e. The molecule has 16 heavy (non-hydrogen) atoms. The lowest BCUT2D eigenvalue weighted by Crippen LogP contribution is -2.15. The summed E-state index contributed by atoms with van der Waals surface area (Å²) >= 11 is 1.80. The second-order valence-corrected chi connectivity index (χ2v) is 3.85.